The molecule has 0 bridgehead atoms. The normalized spacial score (nSPS) is 11.5. The van der Waals surface area contributed by atoms with Crippen molar-refractivity contribution in [1.29, 1.82) is 0 Å². The molecule has 0 amide bonds. The summed E-state index contributed by atoms with van der Waals surface area (Å²) in [6, 6.07) is 26.4. The first kappa shape index (κ1) is 21.1. The maximum atomic E-state index is 12.9. The lowest BCUT2D eigenvalue weighted by molar-refractivity contribution is 0.560. The third-order valence-corrected chi connectivity index (χ3v) is 6.93. The Balaban J connectivity index is 1.64. The number of hydrogen-bond acceptors (Lipinski definition) is 4. The van der Waals surface area contributed by atoms with Crippen LogP contribution in [-0.2, 0) is 0 Å². The van der Waals surface area contributed by atoms with Gasteiger partial charge in [0.15, 0.2) is 5.58 Å². The molecule has 0 saturated carbocycles. The molecule has 0 spiro atoms. The van der Waals surface area contributed by atoms with Crippen LogP contribution in [0.5, 0.6) is 0 Å². The highest BCUT2D eigenvalue weighted by molar-refractivity contribution is 9.11. The lowest BCUT2D eigenvalue weighted by Gasteiger charge is -2.11. The molecule has 6 rings (SSSR count). The molecule has 0 saturated heterocycles. The summed E-state index contributed by atoms with van der Waals surface area (Å²) >= 11 is 6.94. The van der Waals surface area contributed by atoms with Crippen molar-refractivity contribution >= 4 is 64.6 Å². The molecule has 0 fully saturated rings. The third-order valence-electron chi connectivity index (χ3n) is 5.88. The molecule has 0 N–H and O–H groups in total. The number of benzene rings is 4. The maximum absolute atomic E-state index is 12.9. The van der Waals surface area contributed by atoms with Crippen molar-refractivity contribution in [2.45, 2.75) is 0 Å². The molecule has 0 aliphatic heterocycles. The summed E-state index contributed by atoms with van der Waals surface area (Å²) in [4.78, 5) is 25.3. The lowest BCUT2D eigenvalue weighted by atomic mass is 9.94. The van der Waals surface area contributed by atoms with Crippen molar-refractivity contribution in [2.24, 2.45) is 0 Å². The molecule has 6 heteroatoms. The van der Waals surface area contributed by atoms with Gasteiger partial charge < -0.3 is 8.83 Å². The van der Waals surface area contributed by atoms with E-state index in [1.807, 2.05) is 66.7 Å². The van der Waals surface area contributed by atoms with Gasteiger partial charge in [-0.25, -0.2) is 9.59 Å². The van der Waals surface area contributed by atoms with E-state index in [0.29, 0.717) is 26.8 Å². The Bertz CT molecular complexity index is 1880. The molecule has 34 heavy (non-hydrogen) atoms. The first-order valence-electron chi connectivity index (χ1n) is 10.5. The summed E-state index contributed by atoms with van der Waals surface area (Å²) in [7, 11) is 0. The zero-order chi connectivity index (χ0) is 23.4. The largest absolute Gasteiger partial charge is 0.423 e. The molecule has 4 aromatic carbocycles. The van der Waals surface area contributed by atoms with Gasteiger partial charge in [-0.05, 0) is 68.2 Å². The Morgan fingerprint density at radius 3 is 2.32 bits per heavy atom. The highest BCUT2D eigenvalue weighted by Crippen LogP contribution is 2.35. The Labute approximate surface area is 209 Å². The fraction of sp³-hybridized carbons (Fsp3) is 0. The van der Waals surface area contributed by atoms with Gasteiger partial charge in [-0.15, -0.1) is 0 Å². The van der Waals surface area contributed by atoms with Crippen molar-refractivity contribution in [3.8, 4) is 22.3 Å². The van der Waals surface area contributed by atoms with Gasteiger partial charge in [0.25, 0.3) is 0 Å². The Hall–Kier alpha value is -3.48. The Kier molecular flexibility index (Phi) is 5.01. The van der Waals surface area contributed by atoms with Crippen molar-refractivity contribution in [2.75, 3.05) is 0 Å². The van der Waals surface area contributed by atoms with E-state index in [1.165, 1.54) is 6.07 Å². The van der Waals surface area contributed by atoms with Crippen LogP contribution in [0.15, 0.2) is 112 Å². The van der Waals surface area contributed by atoms with Crippen molar-refractivity contribution in [1.82, 2.24) is 0 Å². The summed E-state index contributed by atoms with van der Waals surface area (Å²) in [6.45, 7) is 0. The monoisotopic (exact) mass is 572 g/mol. The molecule has 4 nitrogen and oxygen atoms in total. The SMILES string of the molecule is O=c1cc(-c2cccc3ccccc23)c2cc(-c3cc4cc(Br)cc(Br)c4oc3=O)ccc2o1. The van der Waals surface area contributed by atoms with Gasteiger partial charge in [0.2, 0.25) is 0 Å². The van der Waals surface area contributed by atoms with Gasteiger partial charge in [0, 0.05) is 26.9 Å². The quantitative estimate of drug-likeness (QED) is 0.197. The average molecular weight is 574 g/mol. The van der Waals surface area contributed by atoms with E-state index in [2.05, 4.69) is 31.9 Å². The first-order chi connectivity index (χ1) is 16.5. The number of halogens is 2. The summed E-state index contributed by atoms with van der Waals surface area (Å²) in [5.41, 5.74) is 2.84. The number of rotatable bonds is 2. The molecule has 6 aromatic rings. The van der Waals surface area contributed by atoms with Crippen LogP contribution >= 0.6 is 31.9 Å². The third kappa shape index (κ3) is 3.50. The molecule has 0 atom stereocenters. The maximum Gasteiger partial charge on any atom is 0.344 e. The van der Waals surface area contributed by atoms with Gasteiger partial charge in [0.1, 0.15) is 5.58 Å². The van der Waals surface area contributed by atoms with Crippen LogP contribution in [0.3, 0.4) is 0 Å². The summed E-state index contributed by atoms with van der Waals surface area (Å²) < 4.78 is 12.7. The summed E-state index contributed by atoms with van der Waals surface area (Å²) in [6.07, 6.45) is 0. The Morgan fingerprint density at radius 2 is 1.44 bits per heavy atom. The molecule has 164 valence electrons. The molecule has 0 radical (unpaired) electrons. The Morgan fingerprint density at radius 1 is 0.618 bits per heavy atom. The first-order valence-corrected chi connectivity index (χ1v) is 12.1. The van der Waals surface area contributed by atoms with Gasteiger partial charge in [-0.2, -0.15) is 0 Å². The van der Waals surface area contributed by atoms with Gasteiger partial charge in [-0.3, -0.25) is 0 Å². The molecule has 2 aromatic heterocycles. The molecule has 2 heterocycles. The van der Waals surface area contributed by atoms with E-state index in [1.54, 1.807) is 12.1 Å². The van der Waals surface area contributed by atoms with Crippen molar-refractivity contribution in [3.63, 3.8) is 0 Å². The highest BCUT2D eigenvalue weighted by Gasteiger charge is 2.15. The van der Waals surface area contributed by atoms with E-state index >= 15 is 0 Å². The minimum Gasteiger partial charge on any atom is -0.423 e. The molecule has 0 aliphatic rings. The topological polar surface area (TPSA) is 60.4 Å². The molecular formula is C28H14Br2O4. The second kappa shape index (κ2) is 8.08. The van der Waals surface area contributed by atoms with E-state index < -0.39 is 11.3 Å². The number of hydrogen-bond donors (Lipinski definition) is 0. The minimum atomic E-state index is -0.445. The van der Waals surface area contributed by atoms with Crippen LogP contribution in [0.1, 0.15) is 0 Å². The zero-order valence-corrected chi connectivity index (χ0v) is 20.6. The molecular weight excluding hydrogens is 560 g/mol. The van der Waals surface area contributed by atoms with Crippen LogP contribution in [0.25, 0.3) is 55.0 Å². The minimum absolute atomic E-state index is 0.425. The standard InChI is InChI=1S/C28H14Br2O4/c29-18-10-17-12-21(28(32)34-27(17)24(30)13-18)16-8-9-25-23(11-16)22(14-26(31)33-25)20-7-3-5-15-4-1-2-6-19(15)20/h1-14H. The van der Waals surface area contributed by atoms with E-state index in [4.69, 9.17) is 8.83 Å². The second-order valence-electron chi connectivity index (χ2n) is 7.97. The van der Waals surface area contributed by atoms with E-state index in [-0.39, 0.29) is 0 Å². The average Bonchev–Trinajstić information content (AvgIpc) is 2.83. The zero-order valence-electron chi connectivity index (χ0n) is 17.5. The fourth-order valence-corrected chi connectivity index (χ4v) is 5.71. The fourth-order valence-electron chi connectivity index (χ4n) is 4.37. The lowest BCUT2D eigenvalue weighted by Crippen LogP contribution is -2.03. The van der Waals surface area contributed by atoms with Gasteiger partial charge in [-0.1, -0.05) is 64.5 Å². The van der Waals surface area contributed by atoms with Crippen LogP contribution in [0.2, 0.25) is 0 Å². The molecule has 0 unspecified atom stereocenters. The van der Waals surface area contributed by atoms with Crippen LogP contribution in [0, 0.1) is 0 Å². The summed E-state index contributed by atoms with van der Waals surface area (Å²) in [5.74, 6) is 0. The predicted octanol–water partition coefficient (Wildman–Crippen LogP) is 7.91. The molecule has 0 aliphatic carbocycles. The highest BCUT2D eigenvalue weighted by atomic mass is 79.9. The predicted molar refractivity (Wildman–Crippen MR) is 142 cm³/mol. The van der Waals surface area contributed by atoms with E-state index in [9.17, 15) is 9.59 Å². The van der Waals surface area contributed by atoms with Crippen molar-refractivity contribution in [3.05, 3.63) is 115 Å². The van der Waals surface area contributed by atoms with Gasteiger partial charge in [0.05, 0.1) is 10.0 Å². The van der Waals surface area contributed by atoms with E-state index in [0.717, 1.165) is 37.1 Å². The van der Waals surface area contributed by atoms with Crippen LogP contribution in [-0.4, -0.2) is 0 Å². The summed E-state index contributed by atoms with van der Waals surface area (Å²) in [5, 5.41) is 3.62. The van der Waals surface area contributed by atoms with Gasteiger partial charge >= 0.3 is 11.3 Å². The van der Waals surface area contributed by atoms with Crippen LogP contribution in [0.4, 0.5) is 0 Å². The second-order valence-corrected chi connectivity index (χ2v) is 9.74. The van der Waals surface area contributed by atoms with Crippen LogP contribution < -0.4 is 11.3 Å². The number of fused-ring (bicyclic) bond motifs is 3. The smallest absolute Gasteiger partial charge is 0.344 e. The van der Waals surface area contributed by atoms with Crippen molar-refractivity contribution < 1.29 is 8.83 Å².